The Morgan fingerprint density at radius 1 is 0.898 bits per heavy atom. The van der Waals surface area contributed by atoms with E-state index in [0.29, 0.717) is 44.0 Å². The van der Waals surface area contributed by atoms with E-state index in [9.17, 15) is 4.79 Å². The molecule has 3 heterocycles. The van der Waals surface area contributed by atoms with Gasteiger partial charge in [-0.05, 0) is 41.9 Å². The summed E-state index contributed by atoms with van der Waals surface area (Å²) in [6.07, 6.45) is 3.88. The van der Waals surface area contributed by atoms with Gasteiger partial charge >= 0.3 is 5.97 Å². The molecule has 5 rings (SSSR count). The van der Waals surface area contributed by atoms with Crippen molar-refractivity contribution < 1.29 is 23.7 Å². The fraction of sp³-hybridized carbons (Fsp3) is 0.389. The summed E-state index contributed by atoms with van der Waals surface area (Å²) in [7, 11) is 0.800. The fourth-order valence-electron chi connectivity index (χ4n) is 5.22. The summed E-state index contributed by atoms with van der Waals surface area (Å²) < 4.78 is 25.8. The molecule has 0 unspecified atom stereocenters. The molecule has 0 aliphatic rings. The van der Waals surface area contributed by atoms with Crippen LogP contribution in [0.4, 0.5) is 5.82 Å². The quantitative estimate of drug-likeness (QED) is 0.0521. The first-order valence-electron chi connectivity index (χ1n) is 16.8. The first-order chi connectivity index (χ1) is 23.3. The molecule has 0 amide bonds. The van der Waals surface area contributed by atoms with E-state index in [2.05, 4.69) is 56.3 Å². The number of aromatic nitrogens is 4. The second-order valence-electron chi connectivity index (χ2n) is 14.8. The van der Waals surface area contributed by atoms with Crippen molar-refractivity contribution in [1.82, 2.24) is 19.6 Å². The molecule has 258 valence electrons. The highest BCUT2D eigenvalue weighted by molar-refractivity contribution is 6.76. The van der Waals surface area contributed by atoms with Gasteiger partial charge in [-0.15, -0.1) is 0 Å². The van der Waals surface area contributed by atoms with Crippen molar-refractivity contribution in [2.24, 2.45) is 0 Å². The zero-order valence-corrected chi connectivity index (χ0v) is 32.1. The van der Waals surface area contributed by atoms with Crippen LogP contribution in [0.3, 0.4) is 0 Å². The highest BCUT2D eigenvalue weighted by Gasteiger charge is 2.24. The van der Waals surface area contributed by atoms with Crippen molar-refractivity contribution >= 4 is 57.8 Å². The highest BCUT2D eigenvalue weighted by atomic mass is 28.3. The van der Waals surface area contributed by atoms with Crippen molar-refractivity contribution in [2.45, 2.75) is 57.8 Å². The molecule has 0 atom stereocenters. The Hall–Kier alpha value is -4.04. The van der Waals surface area contributed by atoms with Crippen LogP contribution in [-0.4, -0.2) is 83.3 Å². The van der Waals surface area contributed by atoms with Gasteiger partial charge in [0.05, 0.1) is 25.2 Å². The maximum Gasteiger partial charge on any atom is 0.309 e. The van der Waals surface area contributed by atoms with Crippen molar-refractivity contribution in [1.29, 1.82) is 0 Å². The Balaban J connectivity index is 1.57. The lowest BCUT2D eigenvalue weighted by Gasteiger charge is -2.28. The van der Waals surface area contributed by atoms with Crippen molar-refractivity contribution in [3.63, 3.8) is 0 Å². The van der Waals surface area contributed by atoms with E-state index in [1.807, 2.05) is 67.2 Å². The lowest BCUT2D eigenvalue weighted by atomic mass is 9.97. The number of anilines is 1. The number of para-hydroxylation sites is 1. The van der Waals surface area contributed by atoms with Gasteiger partial charge in [-0.1, -0.05) is 69.6 Å². The van der Waals surface area contributed by atoms with Crippen LogP contribution in [0.5, 0.6) is 11.6 Å². The molecule has 2 aromatic carbocycles. The lowest BCUT2D eigenvalue weighted by molar-refractivity contribution is -0.139. The smallest absolute Gasteiger partial charge is 0.309 e. The molecule has 13 heteroatoms. The summed E-state index contributed by atoms with van der Waals surface area (Å²) in [5.74, 6) is 1.52. The van der Waals surface area contributed by atoms with Crippen LogP contribution in [-0.2, 0) is 25.4 Å². The van der Waals surface area contributed by atoms with Crippen LogP contribution >= 0.6 is 0 Å². The van der Waals surface area contributed by atoms with Gasteiger partial charge in [0, 0.05) is 57.5 Å². The first-order valence-corrected chi connectivity index (χ1v) is 24.2. The molecule has 5 aromatic rings. The van der Waals surface area contributed by atoms with Gasteiger partial charge in [0.2, 0.25) is 5.88 Å². The number of hydrogen-bond donors (Lipinski definition) is 0. The predicted octanol–water partition coefficient (Wildman–Crippen LogP) is 6.14. The van der Waals surface area contributed by atoms with Gasteiger partial charge in [-0.3, -0.25) is 9.78 Å². The van der Waals surface area contributed by atoms with E-state index in [-0.39, 0.29) is 12.4 Å². The molecule has 0 radical (unpaired) electrons. The van der Waals surface area contributed by atoms with Crippen molar-refractivity contribution in [3.05, 3.63) is 72.6 Å². The lowest BCUT2D eigenvalue weighted by Crippen LogP contribution is -2.37. The average Bonchev–Trinajstić information content (AvgIpc) is 3.47. The second-order valence-corrected chi connectivity index (χ2v) is 26.1. The van der Waals surface area contributed by atoms with Gasteiger partial charge in [0.25, 0.3) is 0 Å². The Morgan fingerprint density at radius 3 is 2.18 bits per heavy atom. The third kappa shape index (κ3) is 9.78. The van der Waals surface area contributed by atoms with Gasteiger partial charge in [0.1, 0.15) is 25.0 Å². The summed E-state index contributed by atoms with van der Waals surface area (Å²) in [6.45, 7) is 16.1. The molecule has 3 aromatic heterocycles. The molecular weight excluding hydrogens is 649 g/mol. The third-order valence-corrected chi connectivity index (χ3v) is 11.6. The minimum absolute atomic E-state index is 0.188. The molecule has 0 N–H and O–H groups in total. The van der Waals surface area contributed by atoms with Crippen molar-refractivity contribution in [3.8, 4) is 22.8 Å². The van der Waals surface area contributed by atoms with Crippen LogP contribution in [0.2, 0.25) is 51.4 Å². The SMILES string of the molecule is Bc1c(Oc2ccc(CC(=O)OC)cc2)nc2c(-c3cnc4ccccc4c3)cnn2c1N(COCC[Si](C)(C)C)COCC[Si](C)(C)C. The average molecular weight is 698 g/mol. The summed E-state index contributed by atoms with van der Waals surface area (Å²) in [4.78, 5) is 23.7. The zero-order chi connectivity index (χ0) is 35.2. The Kier molecular flexibility index (Phi) is 11.6. The van der Waals surface area contributed by atoms with Crippen LogP contribution in [0.25, 0.3) is 27.7 Å². The monoisotopic (exact) mass is 697 g/mol. The largest absolute Gasteiger partial charge is 0.469 e. The normalized spacial score (nSPS) is 12.1. The maximum absolute atomic E-state index is 11.8. The predicted molar refractivity (Wildman–Crippen MR) is 205 cm³/mol. The molecule has 0 fully saturated rings. The number of rotatable bonds is 16. The number of hydrogen-bond acceptors (Lipinski definition) is 9. The molecule has 0 saturated heterocycles. The van der Waals surface area contributed by atoms with Crippen molar-refractivity contribution in [2.75, 3.05) is 38.7 Å². The van der Waals surface area contributed by atoms with Crippen LogP contribution < -0.4 is 15.1 Å². The number of nitrogens with zero attached hydrogens (tertiary/aromatic N) is 5. The third-order valence-electron chi connectivity index (χ3n) is 8.21. The zero-order valence-electron chi connectivity index (χ0n) is 30.1. The van der Waals surface area contributed by atoms with Gasteiger partial charge in [-0.25, -0.2) is 0 Å². The molecule has 0 bridgehead atoms. The fourth-order valence-corrected chi connectivity index (χ4v) is 6.74. The Morgan fingerprint density at radius 2 is 1.55 bits per heavy atom. The van der Waals surface area contributed by atoms with Crippen LogP contribution in [0.1, 0.15) is 5.56 Å². The summed E-state index contributed by atoms with van der Waals surface area (Å²) in [5.41, 5.74) is 4.91. The van der Waals surface area contributed by atoms with E-state index in [1.165, 1.54) is 7.11 Å². The molecule has 0 aliphatic carbocycles. The molecule has 0 aliphatic heterocycles. The summed E-state index contributed by atoms with van der Waals surface area (Å²) >= 11 is 0. The topological polar surface area (TPSA) is 100 Å². The van der Waals surface area contributed by atoms with E-state index in [1.54, 1.807) is 0 Å². The van der Waals surface area contributed by atoms with Gasteiger partial charge in [0.15, 0.2) is 13.5 Å². The number of ether oxygens (including phenoxy) is 4. The Labute approximate surface area is 292 Å². The Bertz CT molecular complexity index is 1870. The molecule has 0 saturated carbocycles. The van der Waals surface area contributed by atoms with E-state index < -0.39 is 16.1 Å². The van der Waals surface area contributed by atoms with Gasteiger partial charge < -0.3 is 23.8 Å². The summed E-state index contributed by atoms with van der Waals surface area (Å²) in [5, 5.41) is 5.91. The van der Waals surface area contributed by atoms with Crippen LogP contribution in [0.15, 0.2) is 67.0 Å². The number of esters is 1. The van der Waals surface area contributed by atoms with Crippen LogP contribution in [0, 0.1) is 0 Å². The number of benzene rings is 2. The first kappa shape index (κ1) is 36.2. The number of pyridine rings is 1. The van der Waals surface area contributed by atoms with E-state index in [4.69, 9.17) is 34.0 Å². The maximum atomic E-state index is 11.8. The number of methoxy groups -OCH3 is 1. The molecular formula is C36H48BN5O5Si2. The minimum Gasteiger partial charge on any atom is -0.469 e. The number of carbonyl (C=O) groups excluding carboxylic acids is 1. The highest BCUT2D eigenvalue weighted by Crippen LogP contribution is 2.31. The number of carbonyl (C=O) groups is 1. The van der Waals surface area contributed by atoms with Gasteiger partial charge in [-0.2, -0.15) is 14.6 Å². The molecule has 0 spiro atoms. The molecule has 10 nitrogen and oxygen atoms in total. The van der Waals surface area contributed by atoms with E-state index in [0.717, 1.165) is 51.0 Å². The second kappa shape index (κ2) is 15.7. The molecule has 49 heavy (non-hydrogen) atoms. The number of fused-ring (bicyclic) bond motifs is 2. The standard InChI is InChI=1S/C36H48BN5O5Si2/c1-44-32(43)20-26-12-14-29(15-13-26)47-35-33(37)36(41(24-45-16-18-48(2,3)4)25-46-17-19-49(5,6)7)42-34(40-35)30(23-39-42)28-21-27-10-8-9-11-31(27)38-22-28/h8-15,21-23H,16-20,24-25,37H2,1-7H3. The summed E-state index contributed by atoms with van der Waals surface area (Å²) in [6, 6.07) is 19.7. The minimum atomic E-state index is -1.29. The van der Waals surface area contributed by atoms with E-state index >= 15 is 0 Å².